The third-order valence-corrected chi connectivity index (χ3v) is 10.6. The van der Waals surface area contributed by atoms with Crippen LogP contribution in [0.15, 0.2) is 65.6 Å². The second kappa shape index (κ2) is 11.9. The van der Waals surface area contributed by atoms with Crippen molar-refractivity contribution in [1.82, 2.24) is 4.31 Å². The molecule has 1 heterocycles. The predicted molar refractivity (Wildman–Crippen MR) is 155 cm³/mol. The number of halogens is 2. The van der Waals surface area contributed by atoms with Gasteiger partial charge in [0.25, 0.3) is 10.0 Å². The van der Waals surface area contributed by atoms with Gasteiger partial charge in [0.05, 0.1) is 26.4 Å². The van der Waals surface area contributed by atoms with Crippen LogP contribution in [0, 0.1) is 19.8 Å². The summed E-state index contributed by atoms with van der Waals surface area (Å²) in [4.78, 5) is 12.9. The van der Waals surface area contributed by atoms with Crippen molar-refractivity contribution in [2.24, 2.45) is 5.92 Å². The predicted octanol–water partition coefficient (Wildman–Crippen LogP) is 5.59. The van der Waals surface area contributed by atoms with E-state index in [1.807, 2.05) is 26.0 Å². The normalized spacial score (nSPS) is 15.2. The van der Waals surface area contributed by atoms with Gasteiger partial charge in [-0.25, -0.2) is 21.1 Å². The molecule has 208 valence electrons. The molecule has 3 aromatic rings. The van der Waals surface area contributed by atoms with E-state index in [1.165, 1.54) is 34.6 Å². The molecule has 4 rings (SSSR count). The van der Waals surface area contributed by atoms with E-state index in [0.29, 0.717) is 39.8 Å². The fourth-order valence-corrected chi connectivity index (χ4v) is 7.33. The Labute approximate surface area is 239 Å². The summed E-state index contributed by atoms with van der Waals surface area (Å²) in [6.45, 7) is 4.16. The number of hydrogen-bond acceptors (Lipinski definition) is 5. The Morgan fingerprint density at radius 3 is 2.21 bits per heavy atom. The second-order valence-corrected chi connectivity index (χ2v) is 14.1. The van der Waals surface area contributed by atoms with Crippen molar-refractivity contribution in [3.05, 3.63) is 87.4 Å². The van der Waals surface area contributed by atoms with Crippen LogP contribution in [0.3, 0.4) is 0 Å². The number of nitrogens with zero attached hydrogens (tertiary/aromatic N) is 1. The van der Waals surface area contributed by atoms with E-state index >= 15 is 0 Å². The molecule has 1 aliphatic rings. The summed E-state index contributed by atoms with van der Waals surface area (Å²) in [5, 5.41) is 3.46. The Balaban J connectivity index is 1.33. The summed E-state index contributed by atoms with van der Waals surface area (Å²) >= 11 is 11.9. The quantitative estimate of drug-likeness (QED) is 0.345. The first-order chi connectivity index (χ1) is 18.3. The minimum absolute atomic E-state index is 0.0712. The second-order valence-electron chi connectivity index (χ2n) is 9.62. The number of carbonyl (C=O) groups is 1. The summed E-state index contributed by atoms with van der Waals surface area (Å²) in [7, 11) is -7.39. The number of benzene rings is 3. The Bertz CT molecular complexity index is 1590. The van der Waals surface area contributed by atoms with Gasteiger partial charge in [-0.1, -0.05) is 41.4 Å². The molecule has 3 aromatic carbocycles. The number of nitrogens with one attached hydrogen (secondary N) is 2. The molecule has 0 aromatic heterocycles. The van der Waals surface area contributed by atoms with E-state index < -0.39 is 20.0 Å². The number of piperidine rings is 1. The first-order valence-corrected chi connectivity index (χ1v) is 16.1. The molecule has 0 radical (unpaired) electrons. The highest BCUT2D eigenvalue weighted by Gasteiger charge is 2.31. The van der Waals surface area contributed by atoms with Crippen molar-refractivity contribution >= 4 is 60.5 Å². The van der Waals surface area contributed by atoms with Crippen LogP contribution in [-0.4, -0.2) is 40.1 Å². The van der Waals surface area contributed by atoms with Gasteiger partial charge in [0, 0.05) is 24.7 Å². The minimum atomic E-state index is -3.80. The summed E-state index contributed by atoms with van der Waals surface area (Å²) in [5.74, 6) is -0.801. The van der Waals surface area contributed by atoms with Crippen LogP contribution in [0.2, 0.25) is 10.0 Å². The van der Waals surface area contributed by atoms with Gasteiger partial charge in [0.15, 0.2) is 0 Å². The topological polar surface area (TPSA) is 113 Å². The van der Waals surface area contributed by atoms with E-state index in [1.54, 1.807) is 18.2 Å². The highest BCUT2D eigenvalue weighted by molar-refractivity contribution is 7.92. The van der Waals surface area contributed by atoms with Crippen LogP contribution in [0.4, 0.5) is 11.4 Å². The van der Waals surface area contributed by atoms with E-state index in [2.05, 4.69) is 10.0 Å². The maximum absolute atomic E-state index is 12.9. The van der Waals surface area contributed by atoms with Crippen LogP contribution in [-0.2, 0) is 30.6 Å². The summed E-state index contributed by atoms with van der Waals surface area (Å²) in [6.07, 6.45) is 0.747. The zero-order chi connectivity index (χ0) is 28.4. The van der Waals surface area contributed by atoms with E-state index in [-0.39, 0.29) is 35.6 Å². The van der Waals surface area contributed by atoms with Crippen molar-refractivity contribution < 1.29 is 21.6 Å². The summed E-state index contributed by atoms with van der Waals surface area (Å²) < 4.78 is 55.4. The van der Waals surface area contributed by atoms with Gasteiger partial charge >= 0.3 is 0 Å². The van der Waals surface area contributed by atoms with Gasteiger partial charge in [-0.15, -0.1) is 0 Å². The van der Waals surface area contributed by atoms with Crippen molar-refractivity contribution in [2.75, 3.05) is 23.1 Å². The lowest BCUT2D eigenvalue weighted by Gasteiger charge is -2.30. The zero-order valence-electron chi connectivity index (χ0n) is 21.4. The van der Waals surface area contributed by atoms with Crippen molar-refractivity contribution in [2.45, 2.75) is 37.3 Å². The SMILES string of the molecule is Cc1ccc(C)c(NS(=O)(=O)c2ccc(NC(=O)C3CCN(S(=O)(=O)Cc4ccc(Cl)c(Cl)c4)CC3)cc2)c1. The number of sulfonamides is 2. The average Bonchev–Trinajstić information content (AvgIpc) is 2.88. The third-order valence-electron chi connectivity index (χ3n) is 6.62. The number of aryl methyl sites for hydroxylation is 2. The highest BCUT2D eigenvalue weighted by Crippen LogP contribution is 2.27. The van der Waals surface area contributed by atoms with E-state index in [9.17, 15) is 21.6 Å². The molecule has 1 amide bonds. The molecule has 0 bridgehead atoms. The lowest BCUT2D eigenvalue weighted by atomic mass is 9.97. The summed E-state index contributed by atoms with van der Waals surface area (Å²) in [6, 6.07) is 16.2. The lowest BCUT2D eigenvalue weighted by Crippen LogP contribution is -2.41. The fraction of sp³-hybridized carbons (Fsp3) is 0.296. The van der Waals surface area contributed by atoms with Crippen LogP contribution >= 0.6 is 23.2 Å². The zero-order valence-corrected chi connectivity index (χ0v) is 24.6. The van der Waals surface area contributed by atoms with E-state index in [4.69, 9.17) is 23.2 Å². The Hall–Kier alpha value is -2.63. The molecule has 1 aliphatic heterocycles. The first kappa shape index (κ1) is 29.4. The van der Waals surface area contributed by atoms with Gasteiger partial charge < -0.3 is 5.32 Å². The molecule has 0 unspecified atom stereocenters. The van der Waals surface area contributed by atoms with Gasteiger partial charge in [0.2, 0.25) is 15.9 Å². The van der Waals surface area contributed by atoms with Crippen LogP contribution < -0.4 is 10.0 Å². The molecule has 39 heavy (non-hydrogen) atoms. The maximum Gasteiger partial charge on any atom is 0.261 e. The fourth-order valence-electron chi connectivity index (χ4n) is 4.34. The van der Waals surface area contributed by atoms with Gasteiger partial charge in [-0.05, 0) is 85.8 Å². The molecule has 0 saturated carbocycles. The van der Waals surface area contributed by atoms with Crippen LogP contribution in [0.5, 0.6) is 0 Å². The van der Waals surface area contributed by atoms with Crippen LogP contribution in [0.1, 0.15) is 29.5 Å². The Morgan fingerprint density at radius 1 is 0.897 bits per heavy atom. The Morgan fingerprint density at radius 2 is 1.56 bits per heavy atom. The molecule has 0 aliphatic carbocycles. The molecule has 0 spiro atoms. The van der Waals surface area contributed by atoms with Crippen molar-refractivity contribution in [3.8, 4) is 0 Å². The molecule has 8 nitrogen and oxygen atoms in total. The number of rotatable bonds is 8. The monoisotopic (exact) mass is 609 g/mol. The van der Waals surface area contributed by atoms with Gasteiger partial charge in [0.1, 0.15) is 0 Å². The number of carbonyl (C=O) groups excluding carboxylic acids is 1. The molecular formula is C27H29Cl2N3O5S2. The molecule has 1 saturated heterocycles. The summed E-state index contributed by atoms with van der Waals surface area (Å²) in [5.41, 5.74) is 3.25. The maximum atomic E-state index is 12.9. The van der Waals surface area contributed by atoms with Crippen molar-refractivity contribution in [3.63, 3.8) is 0 Å². The lowest BCUT2D eigenvalue weighted by molar-refractivity contribution is -0.120. The van der Waals surface area contributed by atoms with E-state index in [0.717, 1.165) is 11.1 Å². The number of hydrogen-bond donors (Lipinski definition) is 2. The molecule has 1 fully saturated rings. The average molecular weight is 611 g/mol. The Kier molecular flexibility index (Phi) is 8.92. The molecular weight excluding hydrogens is 581 g/mol. The molecule has 12 heteroatoms. The molecule has 0 atom stereocenters. The smallest absolute Gasteiger partial charge is 0.261 e. The minimum Gasteiger partial charge on any atom is -0.326 e. The third kappa shape index (κ3) is 7.32. The number of amides is 1. The highest BCUT2D eigenvalue weighted by atomic mass is 35.5. The van der Waals surface area contributed by atoms with Gasteiger partial charge in [-0.3, -0.25) is 9.52 Å². The molecule has 2 N–H and O–H groups in total. The van der Waals surface area contributed by atoms with Crippen molar-refractivity contribution in [1.29, 1.82) is 0 Å². The van der Waals surface area contributed by atoms with Crippen LogP contribution in [0.25, 0.3) is 0 Å². The van der Waals surface area contributed by atoms with Gasteiger partial charge in [-0.2, -0.15) is 0 Å². The standard InChI is InChI=1S/C27H29Cl2N3O5S2/c1-18-3-4-19(2)26(15-18)31-39(36,37)23-8-6-22(7-9-23)30-27(33)21-11-13-32(14-12-21)38(34,35)17-20-5-10-24(28)25(29)16-20/h3-10,15-16,21,31H,11-14,17H2,1-2H3,(H,30,33). The number of anilines is 2. The first-order valence-electron chi connectivity index (χ1n) is 12.3. The largest absolute Gasteiger partial charge is 0.326 e.